The maximum absolute atomic E-state index is 12.0. The highest BCUT2D eigenvalue weighted by atomic mass is 79.9. The highest BCUT2D eigenvalue weighted by Gasteiger charge is 2.07. The molecular formula is C20H19BrN2O4S. The number of sulfonamides is 1. The van der Waals surface area contributed by atoms with E-state index in [4.69, 9.17) is 9.88 Å². The molecule has 0 unspecified atom stereocenters. The third-order valence-corrected chi connectivity index (χ3v) is 5.55. The van der Waals surface area contributed by atoms with Crippen molar-refractivity contribution in [2.75, 3.05) is 13.2 Å². The molecule has 0 aliphatic rings. The Labute approximate surface area is 171 Å². The van der Waals surface area contributed by atoms with Crippen molar-refractivity contribution in [2.24, 2.45) is 5.14 Å². The number of nitrogens with one attached hydrogen (secondary N) is 1. The van der Waals surface area contributed by atoms with Crippen molar-refractivity contribution in [3.8, 4) is 5.75 Å². The van der Waals surface area contributed by atoms with Crippen LogP contribution in [0.5, 0.6) is 5.75 Å². The Morgan fingerprint density at radius 1 is 1.00 bits per heavy atom. The monoisotopic (exact) mass is 462 g/mol. The van der Waals surface area contributed by atoms with E-state index in [1.807, 2.05) is 36.4 Å². The second kappa shape index (κ2) is 8.72. The number of ether oxygens (including phenoxy) is 1. The molecule has 0 aromatic heterocycles. The normalized spacial score (nSPS) is 11.4. The Kier molecular flexibility index (Phi) is 6.33. The number of hydrogen-bond donors (Lipinski definition) is 2. The molecule has 28 heavy (non-hydrogen) atoms. The van der Waals surface area contributed by atoms with Crippen molar-refractivity contribution in [1.82, 2.24) is 5.32 Å². The summed E-state index contributed by atoms with van der Waals surface area (Å²) in [4.78, 5) is 12.0. The number of halogens is 1. The molecule has 0 bridgehead atoms. The van der Waals surface area contributed by atoms with Gasteiger partial charge in [-0.2, -0.15) is 0 Å². The molecule has 0 saturated heterocycles. The van der Waals surface area contributed by atoms with Gasteiger partial charge in [-0.05, 0) is 59.2 Å². The molecule has 0 atom stereocenters. The molecule has 1 amide bonds. The summed E-state index contributed by atoms with van der Waals surface area (Å²) >= 11 is 3.44. The van der Waals surface area contributed by atoms with Gasteiger partial charge in [0.25, 0.3) is 5.91 Å². The predicted octanol–water partition coefficient (Wildman–Crippen LogP) is 2.99. The second-order valence-corrected chi connectivity index (χ2v) is 8.71. The zero-order chi connectivity index (χ0) is 20.1. The summed E-state index contributed by atoms with van der Waals surface area (Å²) in [6.07, 6.45) is 0.571. The zero-order valence-electron chi connectivity index (χ0n) is 14.9. The van der Waals surface area contributed by atoms with E-state index >= 15 is 0 Å². The number of primary sulfonamides is 1. The maximum Gasteiger partial charge on any atom is 0.257 e. The van der Waals surface area contributed by atoms with Gasteiger partial charge in [0.1, 0.15) is 5.75 Å². The van der Waals surface area contributed by atoms with Crippen molar-refractivity contribution < 1.29 is 17.9 Å². The summed E-state index contributed by atoms with van der Waals surface area (Å²) in [7, 11) is -3.69. The number of carbonyl (C=O) groups excluding carboxylic acids is 1. The summed E-state index contributed by atoms with van der Waals surface area (Å²) in [5.74, 6) is 0.403. The van der Waals surface area contributed by atoms with E-state index in [1.165, 1.54) is 12.1 Å². The van der Waals surface area contributed by atoms with E-state index < -0.39 is 10.0 Å². The van der Waals surface area contributed by atoms with Crippen molar-refractivity contribution in [3.05, 3.63) is 70.7 Å². The van der Waals surface area contributed by atoms with Gasteiger partial charge in [0, 0.05) is 11.0 Å². The quantitative estimate of drug-likeness (QED) is 0.563. The lowest BCUT2D eigenvalue weighted by Gasteiger charge is -2.09. The van der Waals surface area contributed by atoms with Crippen molar-refractivity contribution >= 4 is 42.6 Å². The standard InChI is InChI=1S/C20H19BrN2O4S/c21-17-5-3-16-12-18(6-4-15(16)11-17)27-13-20(24)23-10-9-14-1-7-19(8-2-14)28(22,25)26/h1-8,11-12H,9-10,13H2,(H,23,24)(H2,22,25,26). The van der Waals surface area contributed by atoms with Crippen LogP contribution in [0, 0.1) is 0 Å². The van der Waals surface area contributed by atoms with Gasteiger partial charge < -0.3 is 10.1 Å². The predicted molar refractivity (Wildman–Crippen MR) is 112 cm³/mol. The molecule has 3 rings (SSSR count). The van der Waals surface area contributed by atoms with Gasteiger partial charge in [0.15, 0.2) is 6.61 Å². The van der Waals surface area contributed by atoms with Crippen LogP contribution in [0.4, 0.5) is 0 Å². The molecule has 3 aromatic rings. The molecule has 0 aliphatic heterocycles. The second-order valence-electron chi connectivity index (χ2n) is 6.23. The van der Waals surface area contributed by atoms with Crippen LogP contribution in [0.1, 0.15) is 5.56 Å². The first-order valence-corrected chi connectivity index (χ1v) is 10.9. The Hall–Kier alpha value is -2.42. The molecule has 6 nitrogen and oxygen atoms in total. The third kappa shape index (κ3) is 5.54. The number of fused-ring (bicyclic) bond motifs is 1. The van der Waals surface area contributed by atoms with Gasteiger partial charge in [-0.25, -0.2) is 13.6 Å². The number of benzene rings is 3. The number of hydrogen-bond acceptors (Lipinski definition) is 4. The van der Waals surface area contributed by atoms with E-state index in [9.17, 15) is 13.2 Å². The van der Waals surface area contributed by atoms with E-state index in [-0.39, 0.29) is 17.4 Å². The fourth-order valence-corrected chi connectivity index (χ4v) is 3.57. The third-order valence-electron chi connectivity index (χ3n) is 4.13. The lowest BCUT2D eigenvalue weighted by molar-refractivity contribution is -0.123. The number of carbonyl (C=O) groups is 1. The summed E-state index contributed by atoms with van der Waals surface area (Å²) in [6, 6.07) is 17.9. The average molecular weight is 463 g/mol. The van der Waals surface area contributed by atoms with Gasteiger partial charge in [-0.15, -0.1) is 0 Å². The summed E-state index contributed by atoms with van der Waals surface area (Å²) in [5, 5.41) is 9.96. The fraction of sp³-hybridized carbons (Fsp3) is 0.150. The van der Waals surface area contributed by atoms with E-state index in [0.29, 0.717) is 18.7 Å². The van der Waals surface area contributed by atoms with Crippen LogP contribution in [0.15, 0.2) is 70.0 Å². The van der Waals surface area contributed by atoms with E-state index in [1.54, 1.807) is 12.1 Å². The average Bonchev–Trinajstić information content (AvgIpc) is 2.66. The van der Waals surface area contributed by atoms with Crippen LogP contribution in [0.3, 0.4) is 0 Å². The first kappa shape index (κ1) is 20.3. The highest BCUT2D eigenvalue weighted by molar-refractivity contribution is 9.10. The van der Waals surface area contributed by atoms with E-state index in [0.717, 1.165) is 20.8 Å². The lowest BCUT2D eigenvalue weighted by Crippen LogP contribution is -2.30. The first-order chi connectivity index (χ1) is 13.3. The Morgan fingerprint density at radius 2 is 1.68 bits per heavy atom. The minimum Gasteiger partial charge on any atom is -0.484 e. The van der Waals surface area contributed by atoms with Gasteiger partial charge in [0.05, 0.1) is 4.90 Å². The number of amides is 1. The lowest BCUT2D eigenvalue weighted by atomic mass is 10.1. The largest absolute Gasteiger partial charge is 0.484 e. The molecule has 0 fully saturated rings. The Balaban J connectivity index is 1.46. The summed E-state index contributed by atoms with van der Waals surface area (Å²) < 4.78 is 29.0. The molecule has 146 valence electrons. The van der Waals surface area contributed by atoms with Crippen molar-refractivity contribution in [3.63, 3.8) is 0 Å². The molecule has 0 radical (unpaired) electrons. The fourth-order valence-electron chi connectivity index (χ4n) is 2.68. The minimum absolute atomic E-state index is 0.0661. The molecule has 0 saturated carbocycles. The van der Waals surface area contributed by atoms with Crippen LogP contribution in [0.25, 0.3) is 10.8 Å². The molecule has 3 aromatic carbocycles. The van der Waals surface area contributed by atoms with Crippen LogP contribution >= 0.6 is 15.9 Å². The number of rotatable bonds is 7. The maximum atomic E-state index is 12.0. The SMILES string of the molecule is NS(=O)(=O)c1ccc(CCNC(=O)COc2ccc3cc(Br)ccc3c2)cc1. The molecule has 8 heteroatoms. The highest BCUT2D eigenvalue weighted by Crippen LogP contribution is 2.24. The minimum atomic E-state index is -3.69. The van der Waals surface area contributed by atoms with Crippen LogP contribution < -0.4 is 15.2 Å². The van der Waals surface area contributed by atoms with Crippen LogP contribution in [-0.2, 0) is 21.2 Å². The molecule has 0 heterocycles. The summed E-state index contributed by atoms with van der Waals surface area (Å²) in [5.41, 5.74) is 0.898. The van der Waals surface area contributed by atoms with Gasteiger partial charge >= 0.3 is 0 Å². The van der Waals surface area contributed by atoms with Crippen molar-refractivity contribution in [2.45, 2.75) is 11.3 Å². The first-order valence-electron chi connectivity index (χ1n) is 8.52. The summed E-state index contributed by atoms with van der Waals surface area (Å²) in [6.45, 7) is 0.342. The topological polar surface area (TPSA) is 98.5 Å². The Bertz CT molecular complexity index is 1100. The molecule has 0 spiro atoms. The smallest absolute Gasteiger partial charge is 0.257 e. The van der Waals surface area contributed by atoms with Crippen molar-refractivity contribution in [1.29, 1.82) is 0 Å². The van der Waals surface area contributed by atoms with Gasteiger partial charge in [-0.1, -0.05) is 40.2 Å². The molecular weight excluding hydrogens is 444 g/mol. The van der Waals surface area contributed by atoms with Crippen LogP contribution in [0.2, 0.25) is 0 Å². The van der Waals surface area contributed by atoms with Crippen LogP contribution in [-0.4, -0.2) is 27.5 Å². The Morgan fingerprint density at radius 3 is 2.39 bits per heavy atom. The van der Waals surface area contributed by atoms with Gasteiger partial charge in [0.2, 0.25) is 10.0 Å². The van der Waals surface area contributed by atoms with E-state index in [2.05, 4.69) is 21.2 Å². The van der Waals surface area contributed by atoms with Gasteiger partial charge in [-0.3, -0.25) is 4.79 Å². The number of nitrogens with two attached hydrogens (primary N) is 1. The molecule has 3 N–H and O–H groups in total. The zero-order valence-corrected chi connectivity index (χ0v) is 17.3. The molecule has 0 aliphatic carbocycles.